The normalized spacial score (nSPS) is 36.7. The molecule has 0 amide bonds. The first-order chi connectivity index (χ1) is 6.45. The highest BCUT2D eigenvalue weighted by Crippen LogP contribution is 2.34. The Labute approximate surface area is 82.2 Å². The van der Waals surface area contributed by atoms with Gasteiger partial charge in [0.15, 0.2) is 0 Å². The summed E-state index contributed by atoms with van der Waals surface area (Å²) >= 11 is 0. The van der Waals surface area contributed by atoms with Gasteiger partial charge in [0.2, 0.25) is 0 Å². The average molecular weight is 198 g/mol. The first-order valence-corrected chi connectivity index (χ1v) is 4.59. The van der Waals surface area contributed by atoms with E-state index in [0.717, 1.165) is 0 Å². The smallest absolute Gasteiger partial charge is 0.307 e. The predicted molar refractivity (Wildman–Crippen MR) is 49.7 cm³/mol. The van der Waals surface area contributed by atoms with Crippen molar-refractivity contribution in [2.24, 2.45) is 23.7 Å². The summed E-state index contributed by atoms with van der Waals surface area (Å²) in [6.45, 7) is 3.47. The van der Waals surface area contributed by atoms with Gasteiger partial charge in [-0.25, -0.2) is 0 Å². The van der Waals surface area contributed by atoms with Crippen LogP contribution in [-0.2, 0) is 9.59 Å². The molecule has 0 bridgehead atoms. The highest BCUT2D eigenvalue weighted by atomic mass is 16.4. The molecule has 14 heavy (non-hydrogen) atoms. The van der Waals surface area contributed by atoms with Crippen molar-refractivity contribution in [3.8, 4) is 0 Å². The van der Waals surface area contributed by atoms with Crippen LogP contribution in [0.3, 0.4) is 0 Å². The minimum atomic E-state index is -1.03. The molecule has 1 aliphatic rings. The summed E-state index contributed by atoms with van der Waals surface area (Å²) in [5.74, 6) is -4.11. The average Bonchev–Trinajstić information content (AvgIpc) is 2.07. The third-order valence-electron chi connectivity index (χ3n) is 2.81. The molecule has 1 rings (SSSR count). The second kappa shape index (κ2) is 3.82. The fourth-order valence-corrected chi connectivity index (χ4v) is 2.00. The molecule has 78 valence electrons. The SMILES string of the molecule is C[C@@H]1C=C[C@H](C)[C@@H](C(=O)O)[C@@H]1C(=O)O. The van der Waals surface area contributed by atoms with Gasteiger partial charge in [0, 0.05) is 0 Å². The van der Waals surface area contributed by atoms with Gasteiger partial charge in [-0.05, 0) is 11.8 Å². The Hall–Kier alpha value is -1.32. The molecule has 0 fully saturated rings. The summed E-state index contributed by atoms with van der Waals surface area (Å²) < 4.78 is 0. The molecule has 0 saturated heterocycles. The summed E-state index contributed by atoms with van der Waals surface area (Å²) in [5, 5.41) is 17.9. The quantitative estimate of drug-likeness (QED) is 0.654. The van der Waals surface area contributed by atoms with Gasteiger partial charge in [0.25, 0.3) is 0 Å². The lowest BCUT2D eigenvalue weighted by Gasteiger charge is -2.31. The van der Waals surface area contributed by atoms with E-state index in [4.69, 9.17) is 10.2 Å². The van der Waals surface area contributed by atoms with Crippen LogP contribution >= 0.6 is 0 Å². The fourth-order valence-electron chi connectivity index (χ4n) is 2.00. The molecule has 0 aliphatic heterocycles. The number of allylic oxidation sites excluding steroid dienone is 2. The van der Waals surface area contributed by atoms with Gasteiger partial charge < -0.3 is 10.2 Å². The fraction of sp³-hybridized carbons (Fsp3) is 0.600. The standard InChI is InChI=1S/C10H14O4/c1-5-3-4-6(2)8(10(13)14)7(5)9(11)12/h3-8H,1-2H3,(H,11,12)(H,13,14)/t5-,6+,7-,8-/m1/s1. The van der Waals surface area contributed by atoms with E-state index in [2.05, 4.69) is 0 Å². The summed E-state index contributed by atoms with van der Waals surface area (Å²) in [5.41, 5.74) is 0. The van der Waals surface area contributed by atoms with Crippen LogP contribution in [0.1, 0.15) is 13.8 Å². The molecule has 4 heteroatoms. The molecule has 0 spiro atoms. The number of hydrogen-bond donors (Lipinski definition) is 2. The maximum atomic E-state index is 10.9. The Morgan fingerprint density at radius 1 is 0.929 bits per heavy atom. The van der Waals surface area contributed by atoms with E-state index in [1.54, 1.807) is 26.0 Å². The van der Waals surface area contributed by atoms with Crippen LogP contribution in [0, 0.1) is 23.7 Å². The van der Waals surface area contributed by atoms with Crippen LogP contribution in [0.25, 0.3) is 0 Å². The predicted octanol–water partition coefficient (Wildman–Crippen LogP) is 1.23. The Kier molecular flexibility index (Phi) is 2.93. The molecule has 2 N–H and O–H groups in total. The van der Waals surface area contributed by atoms with E-state index < -0.39 is 23.8 Å². The molecule has 0 radical (unpaired) electrons. The first-order valence-electron chi connectivity index (χ1n) is 4.59. The van der Waals surface area contributed by atoms with E-state index in [1.807, 2.05) is 0 Å². The highest BCUT2D eigenvalue weighted by molar-refractivity contribution is 5.81. The number of carbonyl (C=O) groups is 2. The lowest BCUT2D eigenvalue weighted by atomic mass is 9.72. The van der Waals surface area contributed by atoms with Crippen molar-refractivity contribution in [1.29, 1.82) is 0 Å². The van der Waals surface area contributed by atoms with E-state index in [-0.39, 0.29) is 11.8 Å². The van der Waals surface area contributed by atoms with E-state index in [1.165, 1.54) is 0 Å². The number of carboxylic acid groups (broad SMARTS) is 2. The first kappa shape index (κ1) is 10.8. The minimum Gasteiger partial charge on any atom is -0.481 e. The van der Waals surface area contributed by atoms with Crippen LogP contribution in [0.4, 0.5) is 0 Å². The molecule has 1 aliphatic carbocycles. The van der Waals surface area contributed by atoms with Gasteiger partial charge >= 0.3 is 11.9 Å². The highest BCUT2D eigenvalue weighted by Gasteiger charge is 2.41. The third kappa shape index (κ3) is 1.78. The Morgan fingerprint density at radius 3 is 1.43 bits per heavy atom. The maximum Gasteiger partial charge on any atom is 0.307 e. The van der Waals surface area contributed by atoms with Gasteiger partial charge in [-0.15, -0.1) is 0 Å². The second-order valence-corrected chi connectivity index (χ2v) is 3.83. The van der Waals surface area contributed by atoms with Gasteiger partial charge in [0.1, 0.15) is 0 Å². The Balaban J connectivity index is 3.02. The van der Waals surface area contributed by atoms with Crippen molar-refractivity contribution in [2.45, 2.75) is 13.8 Å². The zero-order valence-corrected chi connectivity index (χ0v) is 8.18. The van der Waals surface area contributed by atoms with Crippen LogP contribution in [0.5, 0.6) is 0 Å². The molecule has 0 aromatic carbocycles. The topological polar surface area (TPSA) is 74.6 Å². The van der Waals surface area contributed by atoms with Crippen LogP contribution < -0.4 is 0 Å². The number of aliphatic carboxylic acids is 2. The molecule has 4 nitrogen and oxygen atoms in total. The molecule has 0 heterocycles. The Bertz CT molecular complexity index is 254. The molecule has 0 aromatic rings. The maximum absolute atomic E-state index is 10.9. The largest absolute Gasteiger partial charge is 0.481 e. The van der Waals surface area contributed by atoms with E-state index >= 15 is 0 Å². The van der Waals surface area contributed by atoms with Crippen molar-refractivity contribution >= 4 is 11.9 Å². The summed E-state index contributed by atoms with van der Waals surface area (Å²) in [7, 11) is 0. The number of hydrogen-bond acceptors (Lipinski definition) is 2. The number of carboxylic acids is 2. The summed E-state index contributed by atoms with van der Waals surface area (Å²) in [4.78, 5) is 21.9. The van der Waals surface area contributed by atoms with E-state index in [0.29, 0.717) is 0 Å². The van der Waals surface area contributed by atoms with Crippen molar-refractivity contribution < 1.29 is 19.8 Å². The van der Waals surface area contributed by atoms with Gasteiger partial charge in [0.05, 0.1) is 11.8 Å². The lowest BCUT2D eigenvalue weighted by Crippen LogP contribution is -2.39. The number of rotatable bonds is 2. The molecule has 0 unspecified atom stereocenters. The van der Waals surface area contributed by atoms with Crippen LogP contribution in [0.2, 0.25) is 0 Å². The molecular formula is C10H14O4. The zero-order valence-electron chi connectivity index (χ0n) is 8.18. The molecule has 4 atom stereocenters. The lowest BCUT2D eigenvalue weighted by molar-refractivity contribution is -0.157. The zero-order chi connectivity index (χ0) is 10.9. The van der Waals surface area contributed by atoms with Crippen molar-refractivity contribution in [1.82, 2.24) is 0 Å². The van der Waals surface area contributed by atoms with Crippen molar-refractivity contribution in [2.75, 3.05) is 0 Å². The summed E-state index contributed by atoms with van der Waals surface area (Å²) in [6, 6.07) is 0. The van der Waals surface area contributed by atoms with E-state index in [9.17, 15) is 9.59 Å². The minimum absolute atomic E-state index is 0.218. The Morgan fingerprint density at radius 2 is 1.21 bits per heavy atom. The van der Waals surface area contributed by atoms with Gasteiger partial charge in [-0.2, -0.15) is 0 Å². The molecule has 0 aromatic heterocycles. The second-order valence-electron chi connectivity index (χ2n) is 3.83. The van der Waals surface area contributed by atoms with Crippen LogP contribution in [0.15, 0.2) is 12.2 Å². The van der Waals surface area contributed by atoms with Gasteiger partial charge in [-0.1, -0.05) is 26.0 Å². The molecular weight excluding hydrogens is 184 g/mol. The monoisotopic (exact) mass is 198 g/mol. The van der Waals surface area contributed by atoms with Crippen molar-refractivity contribution in [3.63, 3.8) is 0 Å². The van der Waals surface area contributed by atoms with Crippen molar-refractivity contribution in [3.05, 3.63) is 12.2 Å². The third-order valence-corrected chi connectivity index (χ3v) is 2.81. The van der Waals surface area contributed by atoms with Crippen LogP contribution in [-0.4, -0.2) is 22.2 Å². The summed E-state index contributed by atoms with van der Waals surface area (Å²) in [6.07, 6.45) is 3.56. The molecule has 0 saturated carbocycles. The van der Waals surface area contributed by atoms with Gasteiger partial charge in [-0.3, -0.25) is 9.59 Å².